The van der Waals surface area contributed by atoms with E-state index in [1.165, 1.54) is 6.07 Å². The average Bonchev–Trinajstić information content (AvgIpc) is 2.78. The number of nitrogens with one attached hydrogen (secondary N) is 1. The summed E-state index contributed by atoms with van der Waals surface area (Å²) in [4.78, 5) is 12.2. The molecule has 1 aliphatic heterocycles. The second-order valence-electron chi connectivity index (χ2n) is 5.10. The first-order chi connectivity index (χ1) is 9.70. The third-order valence-electron chi connectivity index (χ3n) is 3.54. The zero-order chi connectivity index (χ0) is 15.8. The summed E-state index contributed by atoms with van der Waals surface area (Å²) >= 11 is 3.26. The van der Waals surface area contributed by atoms with Gasteiger partial charge in [-0.25, -0.2) is 13.6 Å². The van der Waals surface area contributed by atoms with Gasteiger partial charge < -0.3 is 10.1 Å². The molecule has 0 radical (unpaired) electrons. The Balaban J connectivity index is 2.25. The Morgan fingerprint density at radius 2 is 2.14 bits per heavy atom. The first kappa shape index (κ1) is 16.4. The van der Waals surface area contributed by atoms with E-state index >= 15 is 0 Å². The van der Waals surface area contributed by atoms with Crippen molar-refractivity contribution < 1.29 is 17.9 Å². The Labute approximate surface area is 132 Å². The van der Waals surface area contributed by atoms with Gasteiger partial charge in [-0.1, -0.05) is 0 Å². The lowest BCUT2D eigenvalue weighted by Crippen LogP contribution is -2.28. The van der Waals surface area contributed by atoms with Gasteiger partial charge in [0.1, 0.15) is 0 Å². The molecule has 1 amide bonds. The highest BCUT2D eigenvalue weighted by Gasteiger charge is 2.31. The van der Waals surface area contributed by atoms with Crippen LogP contribution in [-0.4, -0.2) is 27.0 Å². The number of carbonyl (C=O) groups is 1. The molecule has 0 aromatic heterocycles. The van der Waals surface area contributed by atoms with E-state index in [9.17, 15) is 13.2 Å². The summed E-state index contributed by atoms with van der Waals surface area (Å²) < 4.78 is 28.7. The van der Waals surface area contributed by atoms with Gasteiger partial charge in [-0.05, 0) is 53.9 Å². The lowest BCUT2D eigenvalue weighted by atomic mass is 10.0. The Hall–Kier alpha value is -0.960. The topological polar surface area (TPSA) is 98.5 Å². The highest BCUT2D eigenvalue weighted by atomic mass is 79.9. The van der Waals surface area contributed by atoms with Gasteiger partial charge in [-0.2, -0.15) is 0 Å². The van der Waals surface area contributed by atoms with E-state index in [-0.39, 0.29) is 22.8 Å². The molecule has 1 fully saturated rings. The average molecular weight is 377 g/mol. The number of hydrogen-bond acceptors (Lipinski definition) is 4. The molecule has 1 heterocycles. The minimum absolute atomic E-state index is 0.0324. The van der Waals surface area contributed by atoms with Crippen LogP contribution in [0.2, 0.25) is 0 Å². The number of sulfonamides is 1. The minimum Gasteiger partial charge on any atom is -0.378 e. The molecule has 1 saturated heterocycles. The normalized spacial score (nSPS) is 22.3. The van der Waals surface area contributed by atoms with Crippen molar-refractivity contribution in [3.63, 3.8) is 0 Å². The van der Waals surface area contributed by atoms with E-state index < -0.39 is 10.0 Å². The van der Waals surface area contributed by atoms with Crippen molar-refractivity contribution in [1.82, 2.24) is 0 Å². The van der Waals surface area contributed by atoms with E-state index in [2.05, 4.69) is 21.2 Å². The molecular formula is C13H17BrN2O4S. The predicted molar refractivity (Wildman–Crippen MR) is 82.4 cm³/mol. The van der Waals surface area contributed by atoms with Gasteiger partial charge in [-0.15, -0.1) is 0 Å². The van der Waals surface area contributed by atoms with Crippen molar-refractivity contribution in [2.45, 2.75) is 31.3 Å². The van der Waals surface area contributed by atoms with Crippen LogP contribution in [0.4, 0.5) is 5.69 Å². The van der Waals surface area contributed by atoms with Crippen molar-refractivity contribution >= 4 is 37.5 Å². The molecule has 1 aromatic rings. The Kier molecular flexibility index (Phi) is 4.72. The van der Waals surface area contributed by atoms with E-state index in [1.807, 2.05) is 6.92 Å². The van der Waals surface area contributed by atoms with E-state index in [0.29, 0.717) is 28.8 Å². The minimum atomic E-state index is -3.79. The molecule has 8 heteroatoms. The van der Waals surface area contributed by atoms with Gasteiger partial charge in [0.2, 0.25) is 15.9 Å². The first-order valence-electron chi connectivity index (χ1n) is 6.45. The number of halogens is 1. The molecule has 0 aliphatic carbocycles. The SMILES string of the molecule is Cc1cc(NC(=O)C2CCOC2C)c(Br)cc1S(N)(=O)=O. The van der Waals surface area contributed by atoms with Gasteiger partial charge >= 0.3 is 0 Å². The third kappa shape index (κ3) is 3.63. The number of anilines is 1. The molecule has 0 bridgehead atoms. The number of carbonyl (C=O) groups excluding carboxylic acids is 1. The second kappa shape index (κ2) is 6.04. The van der Waals surface area contributed by atoms with Crippen LogP contribution in [0.25, 0.3) is 0 Å². The van der Waals surface area contributed by atoms with Crippen LogP contribution >= 0.6 is 15.9 Å². The largest absolute Gasteiger partial charge is 0.378 e. The molecule has 116 valence electrons. The summed E-state index contributed by atoms with van der Waals surface area (Å²) in [5.41, 5.74) is 0.996. The molecule has 6 nitrogen and oxygen atoms in total. The van der Waals surface area contributed by atoms with Crippen LogP contribution in [-0.2, 0) is 19.6 Å². The monoisotopic (exact) mass is 376 g/mol. The molecular weight excluding hydrogens is 360 g/mol. The predicted octanol–water partition coefficient (Wildman–Crippen LogP) is 1.77. The molecule has 0 saturated carbocycles. The lowest BCUT2D eigenvalue weighted by Gasteiger charge is -2.16. The summed E-state index contributed by atoms with van der Waals surface area (Å²) in [5, 5.41) is 7.94. The Morgan fingerprint density at radius 3 is 2.67 bits per heavy atom. The lowest BCUT2D eigenvalue weighted by molar-refractivity contribution is -0.121. The van der Waals surface area contributed by atoms with Gasteiger partial charge in [0.15, 0.2) is 0 Å². The smallest absolute Gasteiger partial charge is 0.238 e. The molecule has 21 heavy (non-hydrogen) atoms. The molecule has 1 aromatic carbocycles. The van der Waals surface area contributed by atoms with Crippen LogP contribution in [0.3, 0.4) is 0 Å². The van der Waals surface area contributed by atoms with Crippen LogP contribution in [0.5, 0.6) is 0 Å². The summed E-state index contributed by atoms with van der Waals surface area (Å²) in [7, 11) is -3.79. The number of rotatable bonds is 3. The van der Waals surface area contributed by atoms with Gasteiger partial charge in [0, 0.05) is 11.1 Å². The van der Waals surface area contributed by atoms with E-state index in [0.717, 1.165) is 0 Å². The van der Waals surface area contributed by atoms with Crippen molar-refractivity contribution in [3.8, 4) is 0 Å². The van der Waals surface area contributed by atoms with Crippen LogP contribution in [0.1, 0.15) is 18.9 Å². The number of benzene rings is 1. The standard InChI is InChI=1S/C13H17BrN2O4S/c1-7-5-11(10(14)6-12(7)21(15,18)19)16-13(17)9-3-4-20-8(9)2/h5-6,8-9H,3-4H2,1-2H3,(H,16,17)(H2,15,18,19). The fourth-order valence-corrected chi connectivity index (χ4v) is 3.75. The maximum atomic E-state index is 12.2. The third-order valence-corrected chi connectivity index (χ3v) is 5.25. The van der Waals surface area contributed by atoms with E-state index in [1.54, 1.807) is 13.0 Å². The molecule has 3 N–H and O–H groups in total. The zero-order valence-electron chi connectivity index (χ0n) is 11.7. The summed E-state index contributed by atoms with van der Waals surface area (Å²) in [5.74, 6) is -0.335. The van der Waals surface area contributed by atoms with Crippen molar-refractivity contribution in [1.29, 1.82) is 0 Å². The van der Waals surface area contributed by atoms with Gasteiger partial charge in [0.05, 0.1) is 22.6 Å². The van der Waals surface area contributed by atoms with Crippen LogP contribution < -0.4 is 10.5 Å². The fraction of sp³-hybridized carbons (Fsp3) is 0.462. The highest BCUT2D eigenvalue weighted by Crippen LogP contribution is 2.30. The number of nitrogens with two attached hydrogens (primary N) is 1. The van der Waals surface area contributed by atoms with Gasteiger partial charge in [0.25, 0.3) is 0 Å². The first-order valence-corrected chi connectivity index (χ1v) is 8.79. The molecule has 2 rings (SSSR count). The van der Waals surface area contributed by atoms with Gasteiger partial charge in [-0.3, -0.25) is 4.79 Å². The molecule has 0 spiro atoms. The quantitative estimate of drug-likeness (QED) is 0.839. The number of hydrogen-bond donors (Lipinski definition) is 2. The number of primary sulfonamides is 1. The second-order valence-corrected chi connectivity index (χ2v) is 7.49. The van der Waals surface area contributed by atoms with Crippen LogP contribution in [0, 0.1) is 12.8 Å². The Bertz CT molecular complexity index is 675. The number of amides is 1. The number of ether oxygens (including phenoxy) is 1. The van der Waals surface area contributed by atoms with Crippen molar-refractivity contribution in [2.75, 3.05) is 11.9 Å². The maximum Gasteiger partial charge on any atom is 0.238 e. The summed E-state index contributed by atoms with van der Waals surface area (Å²) in [6.45, 7) is 4.06. The molecule has 2 unspecified atom stereocenters. The Morgan fingerprint density at radius 1 is 1.48 bits per heavy atom. The molecule has 1 aliphatic rings. The molecule has 2 atom stereocenters. The van der Waals surface area contributed by atoms with Crippen molar-refractivity contribution in [3.05, 3.63) is 22.2 Å². The fourth-order valence-electron chi connectivity index (χ4n) is 2.37. The highest BCUT2D eigenvalue weighted by molar-refractivity contribution is 9.10. The maximum absolute atomic E-state index is 12.2. The number of aryl methyl sites for hydroxylation is 1. The summed E-state index contributed by atoms with van der Waals surface area (Å²) in [6.07, 6.45) is 0.562. The van der Waals surface area contributed by atoms with Crippen molar-refractivity contribution in [2.24, 2.45) is 11.1 Å². The zero-order valence-corrected chi connectivity index (χ0v) is 14.1. The van der Waals surface area contributed by atoms with Crippen LogP contribution in [0.15, 0.2) is 21.5 Å². The summed E-state index contributed by atoms with van der Waals surface area (Å²) in [6, 6.07) is 2.98. The van der Waals surface area contributed by atoms with E-state index in [4.69, 9.17) is 9.88 Å².